The van der Waals surface area contributed by atoms with Gasteiger partial charge in [0.2, 0.25) is 0 Å². The Labute approximate surface area is 159 Å². The zero-order valence-corrected chi connectivity index (χ0v) is 15.7. The molecular formula is C20H17F2NOS2. The normalized spacial score (nSPS) is 10.7. The van der Waals surface area contributed by atoms with Gasteiger partial charge in [0.25, 0.3) is 5.91 Å². The smallest absolute Gasteiger partial charge is 0.255 e. The summed E-state index contributed by atoms with van der Waals surface area (Å²) in [4.78, 5) is 16.4. The van der Waals surface area contributed by atoms with Crippen LogP contribution >= 0.6 is 23.1 Å². The van der Waals surface area contributed by atoms with Gasteiger partial charge in [0.1, 0.15) is 11.6 Å². The van der Waals surface area contributed by atoms with Gasteiger partial charge in [0.15, 0.2) is 0 Å². The molecule has 0 aliphatic carbocycles. The molecule has 0 fully saturated rings. The van der Waals surface area contributed by atoms with Gasteiger partial charge in [-0.2, -0.15) is 0 Å². The number of amides is 1. The van der Waals surface area contributed by atoms with Gasteiger partial charge in [-0.1, -0.05) is 24.3 Å². The first-order valence-corrected chi connectivity index (χ1v) is 9.84. The molecule has 0 saturated carbocycles. The fourth-order valence-corrected chi connectivity index (χ4v) is 4.31. The predicted molar refractivity (Wildman–Crippen MR) is 102 cm³/mol. The van der Waals surface area contributed by atoms with Crippen LogP contribution in [0.15, 0.2) is 64.9 Å². The number of rotatable bonds is 6. The van der Waals surface area contributed by atoms with Crippen LogP contribution in [-0.2, 0) is 12.3 Å². The standard InChI is InChI=1S/C20H17F2NOS2/c1-23(12-14-8-9-15(21)11-18(14)22)20(24)17-6-2-3-7-19(17)26-13-16-5-4-10-25-16/h2-11H,12-13H2,1H3. The van der Waals surface area contributed by atoms with Gasteiger partial charge in [0.05, 0.1) is 5.56 Å². The summed E-state index contributed by atoms with van der Waals surface area (Å²) >= 11 is 3.28. The van der Waals surface area contributed by atoms with E-state index in [4.69, 9.17) is 0 Å². The van der Waals surface area contributed by atoms with Crippen molar-refractivity contribution in [3.63, 3.8) is 0 Å². The number of carbonyl (C=O) groups excluding carboxylic acids is 1. The zero-order valence-electron chi connectivity index (χ0n) is 14.1. The quantitative estimate of drug-likeness (QED) is 0.512. The molecule has 1 heterocycles. The first-order chi connectivity index (χ1) is 12.5. The van der Waals surface area contributed by atoms with Gasteiger partial charge in [-0.05, 0) is 29.6 Å². The molecule has 0 radical (unpaired) electrons. The second-order valence-electron chi connectivity index (χ2n) is 5.76. The Hall–Kier alpha value is -2.18. The van der Waals surface area contributed by atoms with Gasteiger partial charge >= 0.3 is 0 Å². The maximum absolute atomic E-state index is 13.9. The Morgan fingerprint density at radius 2 is 1.92 bits per heavy atom. The van der Waals surface area contributed by atoms with Gasteiger partial charge in [-0.15, -0.1) is 23.1 Å². The van der Waals surface area contributed by atoms with Crippen LogP contribution in [0.25, 0.3) is 0 Å². The number of nitrogens with zero attached hydrogens (tertiary/aromatic N) is 1. The molecule has 0 unspecified atom stereocenters. The van der Waals surface area contributed by atoms with Crippen LogP contribution in [0.1, 0.15) is 20.8 Å². The summed E-state index contributed by atoms with van der Waals surface area (Å²) < 4.78 is 26.9. The van der Waals surface area contributed by atoms with Gasteiger partial charge in [-0.25, -0.2) is 8.78 Å². The highest BCUT2D eigenvalue weighted by molar-refractivity contribution is 7.98. The van der Waals surface area contributed by atoms with Crippen molar-refractivity contribution in [2.24, 2.45) is 0 Å². The van der Waals surface area contributed by atoms with E-state index in [0.717, 1.165) is 16.7 Å². The van der Waals surface area contributed by atoms with E-state index in [1.54, 1.807) is 36.2 Å². The molecule has 2 aromatic carbocycles. The van der Waals surface area contributed by atoms with Crippen molar-refractivity contribution < 1.29 is 13.6 Å². The lowest BCUT2D eigenvalue weighted by atomic mass is 10.1. The van der Waals surface area contributed by atoms with Crippen LogP contribution in [-0.4, -0.2) is 17.9 Å². The predicted octanol–water partition coefficient (Wildman–Crippen LogP) is 5.59. The van der Waals surface area contributed by atoms with E-state index < -0.39 is 11.6 Å². The third-order valence-corrected chi connectivity index (χ3v) is 6.02. The summed E-state index contributed by atoms with van der Waals surface area (Å²) in [5.74, 6) is -0.679. The van der Waals surface area contributed by atoms with Crippen molar-refractivity contribution in [2.45, 2.75) is 17.2 Å². The number of halogens is 2. The van der Waals surface area contributed by atoms with Crippen molar-refractivity contribution in [3.05, 3.63) is 87.6 Å². The van der Waals surface area contributed by atoms with E-state index in [-0.39, 0.29) is 18.0 Å². The van der Waals surface area contributed by atoms with Crippen LogP contribution in [0.3, 0.4) is 0 Å². The van der Waals surface area contributed by atoms with Gasteiger partial charge in [-0.3, -0.25) is 4.79 Å². The van der Waals surface area contributed by atoms with E-state index in [1.165, 1.54) is 21.9 Å². The largest absolute Gasteiger partial charge is 0.337 e. The Kier molecular flexibility index (Phi) is 6.06. The Bertz CT molecular complexity index is 897. The van der Waals surface area contributed by atoms with Crippen molar-refractivity contribution in [1.29, 1.82) is 0 Å². The van der Waals surface area contributed by atoms with Crippen LogP contribution in [0.5, 0.6) is 0 Å². The highest BCUT2D eigenvalue weighted by Gasteiger charge is 2.17. The fraction of sp³-hybridized carbons (Fsp3) is 0.150. The van der Waals surface area contributed by atoms with E-state index >= 15 is 0 Å². The number of thioether (sulfide) groups is 1. The average molecular weight is 389 g/mol. The maximum atomic E-state index is 13.9. The first-order valence-electron chi connectivity index (χ1n) is 7.98. The third kappa shape index (κ3) is 4.51. The third-order valence-electron chi connectivity index (χ3n) is 3.84. The Morgan fingerprint density at radius 3 is 2.65 bits per heavy atom. The maximum Gasteiger partial charge on any atom is 0.255 e. The molecule has 0 N–H and O–H groups in total. The molecule has 3 rings (SSSR count). The Balaban J connectivity index is 1.74. The molecule has 1 amide bonds. The molecule has 0 saturated heterocycles. The Morgan fingerprint density at radius 1 is 1.12 bits per heavy atom. The number of benzene rings is 2. The summed E-state index contributed by atoms with van der Waals surface area (Å²) in [6.07, 6.45) is 0. The first kappa shape index (κ1) is 18.6. The monoisotopic (exact) mass is 389 g/mol. The minimum atomic E-state index is -0.648. The molecule has 0 bridgehead atoms. The van der Waals surface area contributed by atoms with Crippen molar-refractivity contribution in [1.82, 2.24) is 4.90 Å². The summed E-state index contributed by atoms with van der Waals surface area (Å²) in [7, 11) is 1.62. The van der Waals surface area contributed by atoms with Crippen LogP contribution < -0.4 is 0 Å². The minimum Gasteiger partial charge on any atom is -0.337 e. The van der Waals surface area contributed by atoms with Gasteiger partial charge < -0.3 is 4.90 Å². The second-order valence-corrected chi connectivity index (χ2v) is 7.81. The van der Waals surface area contributed by atoms with Crippen LogP contribution in [0, 0.1) is 11.6 Å². The molecule has 0 aliphatic heterocycles. The lowest BCUT2D eigenvalue weighted by Gasteiger charge is -2.19. The van der Waals surface area contributed by atoms with Crippen LogP contribution in [0.4, 0.5) is 8.78 Å². The lowest BCUT2D eigenvalue weighted by molar-refractivity contribution is 0.0780. The van der Waals surface area contributed by atoms with Crippen molar-refractivity contribution in [2.75, 3.05) is 7.05 Å². The molecule has 0 atom stereocenters. The molecule has 6 heteroatoms. The highest BCUT2D eigenvalue weighted by Crippen LogP contribution is 2.29. The number of thiophene rings is 1. The SMILES string of the molecule is CN(Cc1ccc(F)cc1F)C(=O)c1ccccc1SCc1cccs1. The minimum absolute atomic E-state index is 0.0782. The number of carbonyl (C=O) groups is 1. The topological polar surface area (TPSA) is 20.3 Å². The highest BCUT2D eigenvalue weighted by atomic mass is 32.2. The molecular weight excluding hydrogens is 372 g/mol. The van der Waals surface area contributed by atoms with E-state index in [0.29, 0.717) is 5.56 Å². The lowest BCUT2D eigenvalue weighted by Crippen LogP contribution is -2.27. The number of hydrogen-bond donors (Lipinski definition) is 0. The number of hydrogen-bond acceptors (Lipinski definition) is 3. The van der Waals surface area contributed by atoms with E-state index in [1.807, 2.05) is 29.6 Å². The molecule has 3 aromatic rings. The average Bonchev–Trinajstić information content (AvgIpc) is 3.15. The molecule has 1 aromatic heterocycles. The van der Waals surface area contributed by atoms with Crippen molar-refractivity contribution >= 4 is 29.0 Å². The molecule has 134 valence electrons. The van der Waals surface area contributed by atoms with E-state index in [2.05, 4.69) is 6.07 Å². The molecule has 26 heavy (non-hydrogen) atoms. The summed E-state index contributed by atoms with van der Waals surface area (Å²) in [5, 5.41) is 2.03. The molecule has 0 aliphatic rings. The van der Waals surface area contributed by atoms with Crippen molar-refractivity contribution in [3.8, 4) is 0 Å². The zero-order chi connectivity index (χ0) is 18.5. The summed E-state index contributed by atoms with van der Waals surface area (Å²) in [6, 6.07) is 14.9. The fourth-order valence-electron chi connectivity index (χ4n) is 2.50. The summed E-state index contributed by atoms with van der Waals surface area (Å²) in [5.41, 5.74) is 0.866. The summed E-state index contributed by atoms with van der Waals surface area (Å²) in [6.45, 7) is 0.0782. The molecule has 2 nitrogen and oxygen atoms in total. The van der Waals surface area contributed by atoms with E-state index in [9.17, 15) is 13.6 Å². The second kappa shape index (κ2) is 8.47. The molecule has 0 spiro atoms. The van der Waals surface area contributed by atoms with Crippen LogP contribution in [0.2, 0.25) is 0 Å². The van der Waals surface area contributed by atoms with Gasteiger partial charge in [0, 0.05) is 40.7 Å².